The van der Waals surface area contributed by atoms with Crippen LogP contribution in [0.15, 0.2) is 72.8 Å². The van der Waals surface area contributed by atoms with Crippen LogP contribution in [0.5, 0.6) is 5.75 Å². The fourth-order valence-electron chi connectivity index (χ4n) is 2.71. The fraction of sp³-hybridized carbons (Fsp3) is 0.0476. The molecule has 1 N–H and O–H groups in total. The van der Waals surface area contributed by atoms with Gasteiger partial charge in [0.2, 0.25) is 0 Å². The molecule has 0 aliphatic carbocycles. The Balaban J connectivity index is 1.80. The van der Waals surface area contributed by atoms with Crippen molar-refractivity contribution in [3.8, 4) is 17.1 Å². The van der Waals surface area contributed by atoms with Crippen molar-refractivity contribution in [3.05, 3.63) is 76.4 Å². The van der Waals surface area contributed by atoms with Crippen LogP contribution in [0.25, 0.3) is 22.3 Å². The zero-order chi connectivity index (χ0) is 17.9. The van der Waals surface area contributed by atoms with E-state index >= 15 is 0 Å². The number of anilines is 2. The first-order valence-electron chi connectivity index (χ1n) is 8.17. The van der Waals surface area contributed by atoms with Gasteiger partial charge in [0.25, 0.3) is 0 Å². The van der Waals surface area contributed by atoms with Crippen LogP contribution in [-0.4, -0.2) is 17.1 Å². The lowest BCUT2D eigenvalue weighted by Gasteiger charge is -2.11. The van der Waals surface area contributed by atoms with Gasteiger partial charge in [-0.05, 0) is 83.3 Å². The van der Waals surface area contributed by atoms with Crippen molar-refractivity contribution >= 4 is 45.0 Å². The van der Waals surface area contributed by atoms with Gasteiger partial charge in [0.1, 0.15) is 11.6 Å². The van der Waals surface area contributed by atoms with E-state index in [1.165, 1.54) is 3.57 Å². The molecule has 0 spiro atoms. The van der Waals surface area contributed by atoms with E-state index in [0.29, 0.717) is 5.82 Å². The molecular weight excluding hydrogens is 437 g/mol. The van der Waals surface area contributed by atoms with E-state index in [-0.39, 0.29) is 0 Å². The summed E-state index contributed by atoms with van der Waals surface area (Å²) in [6, 6.07) is 24.0. The quantitative estimate of drug-likeness (QED) is 0.406. The lowest BCUT2D eigenvalue weighted by Crippen LogP contribution is -1.99. The van der Waals surface area contributed by atoms with E-state index in [1.54, 1.807) is 7.11 Å². The number of para-hydroxylation sites is 1. The Morgan fingerprint density at radius 2 is 1.58 bits per heavy atom. The number of aromatic nitrogens is 2. The number of ether oxygens (including phenoxy) is 1. The standard InChI is InChI=1S/C21H16IN3O/c1-26-17-12-6-14(7-13-17)20-24-19-5-3-2-4-18(19)21(25-20)23-16-10-8-15(22)9-11-16/h2-13H,1H3,(H,23,24,25). The van der Waals surface area contributed by atoms with Crippen molar-refractivity contribution < 1.29 is 4.74 Å². The average molecular weight is 453 g/mol. The van der Waals surface area contributed by atoms with Crippen LogP contribution < -0.4 is 10.1 Å². The lowest BCUT2D eigenvalue weighted by atomic mass is 10.1. The molecule has 0 amide bonds. The number of methoxy groups -OCH3 is 1. The molecule has 0 aliphatic heterocycles. The number of halogens is 1. The largest absolute Gasteiger partial charge is 0.497 e. The topological polar surface area (TPSA) is 47.0 Å². The summed E-state index contributed by atoms with van der Waals surface area (Å²) in [6.07, 6.45) is 0. The molecule has 0 fully saturated rings. The van der Waals surface area contributed by atoms with Crippen molar-refractivity contribution in [2.75, 3.05) is 12.4 Å². The summed E-state index contributed by atoms with van der Waals surface area (Å²) in [5, 5.41) is 4.42. The number of hydrogen-bond donors (Lipinski definition) is 1. The number of rotatable bonds is 4. The normalized spacial score (nSPS) is 10.7. The molecule has 0 bridgehead atoms. The van der Waals surface area contributed by atoms with Gasteiger partial charge >= 0.3 is 0 Å². The third kappa shape index (κ3) is 3.48. The van der Waals surface area contributed by atoms with E-state index in [9.17, 15) is 0 Å². The molecule has 4 aromatic rings. The molecule has 0 saturated heterocycles. The number of hydrogen-bond acceptors (Lipinski definition) is 4. The maximum absolute atomic E-state index is 5.23. The summed E-state index contributed by atoms with van der Waals surface area (Å²) in [5.41, 5.74) is 2.85. The van der Waals surface area contributed by atoms with Gasteiger partial charge in [0.05, 0.1) is 12.6 Å². The van der Waals surface area contributed by atoms with E-state index in [4.69, 9.17) is 14.7 Å². The molecule has 0 unspecified atom stereocenters. The fourth-order valence-corrected chi connectivity index (χ4v) is 3.07. The minimum Gasteiger partial charge on any atom is -0.497 e. The molecule has 0 atom stereocenters. The molecule has 0 saturated carbocycles. The predicted octanol–water partition coefficient (Wildman–Crippen LogP) is 5.65. The van der Waals surface area contributed by atoms with Gasteiger partial charge in [0, 0.05) is 20.2 Å². The van der Waals surface area contributed by atoms with Gasteiger partial charge in [-0.1, -0.05) is 12.1 Å². The maximum Gasteiger partial charge on any atom is 0.162 e. The molecule has 128 valence electrons. The molecule has 5 heteroatoms. The zero-order valence-electron chi connectivity index (χ0n) is 14.1. The number of nitrogens with one attached hydrogen (secondary N) is 1. The van der Waals surface area contributed by atoms with Crippen LogP contribution in [0.4, 0.5) is 11.5 Å². The Morgan fingerprint density at radius 3 is 2.31 bits per heavy atom. The van der Waals surface area contributed by atoms with Gasteiger partial charge in [-0.2, -0.15) is 0 Å². The zero-order valence-corrected chi connectivity index (χ0v) is 16.3. The molecule has 1 aromatic heterocycles. The summed E-state index contributed by atoms with van der Waals surface area (Å²) < 4.78 is 6.43. The smallest absolute Gasteiger partial charge is 0.162 e. The summed E-state index contributed by atoms with van der Waals surface area (Å²) in [6.45, 7) is 0. The van der Waals surface area contributed by atoms with Crippen molar-refractivity contribution in [3.63, 3.8) is 0 Å². The Hall–Kier alpha value is -2.67. The first kappa shape index (κ1) is 16.8. The van der Waals surface area contributed by atoms with Gasteiger partial charge in [-0.3, -0.25) is 0 Å². The van der Waals surface area contributed by atoms with Crippen LogP contribution in [-0.2, 0) is 0 Å². The number of nitrogens with zero attached hydrogens (tertiary/aromatic N) is 2. The second kappa shape index (κ2) is 7.29. The van der Waals surface area contributed by atoms with E-state index in [2.05, 4.69) is 40.0 Å². The SMILES string of the molecule is COc1ccc(-c2nc(Nc3ccc(I)cc3)c3ccccc3n2)cc1. The Morgan fingerprint density at radius 1 is 0.846 bits per heavy atom. The molecule has 3 aromatic carbocycles. The van der Waals surface area contributed by atoms with E-state index in [1.807, 2.05) is 60.7 Å². The first-order valence-corrected chi connectivity index (χ1v) is 9.24. The Kier molecular flexibility index (Phi) is 4.71. The van der Waals surface area contributed by atoms with Crippen molar-refractivity contribution in [1.29, 1.82) is 0 Å². The summed E-state index contributed by atoms with van der Waals surface area (Å²) in [5.74, 6) is 2.29. The van der Waals surface area contributed by atoms with Crippen molar-refractivity contribution in [1.82, 2.24) is 9.97 Å². The molecular formula is C21H16IN3O. The summed E-state index contributed by atoms with van der Waals surface area (Å²) in [7, 11) is 1.66. The van der Waals surface area contributed by atoms with Crippen LogP contribution >= 0.6 is 22.6 Å². The third-order valence-electron chi connectivity index (χ3n) is 4.06. The second-order valence-electron chi connectivity index (χ2n) is 5.77. The highest BCUT2D eigenvalue weighted by Crippen LogP contribution is 2.28. The van der Waals surface area contributed by atoms with Crippen LogP contribution in [0.3, 0.4) is 0 Å². The number of benzene rings is 3. The Labute approximate surface area is 165 Å². The highest BCUT2D eigenvalue weighted by molar-refractivity contribution is 14.1. The van der Waals surface area contributed by atoms with E-state index in [0.717, 1.165) is 33.7 Å². The first-order chi connectivity index (χ1) is 12.7. The van der Waals surface area contributed by atoms with E-state index < -0.39 is 0 Å². The van der Waals surface area contributed by atoms with Crippen molar-refractivity contribution in [2.24, 2.45) is 0 Å². The molecule has 0 aliphatic rings. The molecule has 0 radical (unpaired) electrons. The number of fused-ring (bicyclic) bond motifs is 1. The minimum atomic E-state index is 0.680. The van der Waals surface area contributed by atoms with Crippen LogP contribution in [0.1, 0.15) is 0 Å². The predicted molar refractivity (Wildman–Crippen MR) is 114 cm³/mol. The maximum atomic E-state index is 5.23. The second-order valence-corrected chi connectivity index (χ2v) is 7.02. The molecule has 1 heterocycles. The highest BCUT2D eigenvalue weighted by atomic mass is 127. The monoisotopic (exact) mass is 453 g/mol. The highest BCUT2D eigenvalue weighted by Gasteiger charge is 2.10. The van der Waals surface area contributed by atoms with Crippen LogP contribution in [0.2, 0.25) is 0 Å². The summed E-state index contributed by atoms with van der Waals surface area (Å²) >= 11 is 2.30. The molecule has 4 nitrogen and oxygen atoms in total. The van der Waals surface area contributed by atoms with Gasteiger partial charge in [-0.25, -0.2) is 9.97 Å². The molecule has 26 heavy (non-hydrogen) atoms. The van der Waals surface area contributed by atoms with Gasteiger partial charge in [0.15, 0.2) is 5.82 Å². The third-order valence-corrected chi connectivity index (χ3v) is 4.78. The van der Waals surface area contributed by atoms with Crippen LogP contribution in [0, 0.1) is 3.57 Å². The van der Waals surface area contributed by atoms with Gasteiger partial charge in [-0.15, -0.1) is 0 Å². The summed E-state index contributed by atoms with van der Waals surface area (Å²) in [4.78, 5) is 9.50. The molecule has 4 rings (SSSR count). The Bertz CT molecular complexity index is 1050. The lowest BCUT2D eigenvalue weighted by molar-refractivity contribution is 0.415. The average Bonchev–Trinajstić information content (AvgIpc) is 2.69. The van der Waals surface area contributed by atoms with Gasteiger partial charge < -0.3 is 10.1 Å². The van der Waals surface area contributed by atoms with Crippen molar-refractivity contribution in [2.45, 2.75) is 0 Å². The minimum absolute atomic E-state index is 0.680.